The van der Waals surface area contributed by atoms with Crippen molar-refractivity contribution in [1.29, 1.82) is 0 Å². The van der Waals surface area contributed by atoms with Gasteiger partial charge in [-0.25, -0.2) is 4.98 Å². The molecule has 2 aromatic carbocycles. The zero-order valence-corrected chi connectivity index (χ0v) is 24.0. The third kappa shape index (κ3) is 6.43. The van der Waals surface area contributed by atoms with Gasteiger partial charge < -0.3 is 15.2 Å². The Morgan fingerprint density at radius 2 is 1.79 bits per heavy atom. The largest absolute Gasteiger partial charge is 0.342 e. The smallest absolute Gasteiger partial charge is 0.253 e. The van der Waals surface area contributed by atoms with Crippen molar-refractivity contribution in [3.05, 3.63) is 75.9 Å². The van der Waals surface area contributed by atoms with Gasteiger partial charge in [-0.1, -0.05) is 79.7 Å². The summed E-state index contributed by atoms with van der Waals surface area (Å²) in [4.78, 5) is 31.3. The number of aromatic nitrogens is 4. The molecule has 2 heterocycles. The molecule has 0 aliphatic carbocycles. The average Bonchev–Trinajstić information content (AvgIpc) is 3.48. The minimum Gasteiger partial charge on any atom is -0.342 e. The van der Waals surface area contributed by atoms with E-state index in [2.05, 4.69) is 25.8 Å². The molecule has 0 unspecified atom stereocenters. The number of hydrogen-bond acceptors (Lipinski definition) is 7. The van der Waals surface area contributed by atoms with E-state index in [9.17, 15) is 9.59 Å². The molecule has 38 heavy (non-hydrogen) atoms. The lowest BCUT2D eigenvalue weighted by Gasteiger charge is -2.22. The summed E-state index contributed by atoms with van der Waals surface area (Å²) in [6, 6.07) is 16.4. The summed E-state index contributed by atoms with van der Waals surface area (Å²) in [6.07, 6.45) is 0. The van der Waals surface area contributed by atoms with Crippen molar-refractivity contribution < 1.29 is 9.59 Å². The van der Waals surface area contributed by atoms with Crippen LogP contribution < -0.4 is 10.6 Å². The Morgan fingerprint density at radius 1 is 1.08 bits per heavy atom. The van der Waals surface area contributed by atoms with Gasteiger partial charge in [-0.15, -0.1) is 21.5 Å². The molecule has 2 aromatic heterocycles. The summed E-state index contributed by atoms with van der Waals surface area (Å²) in [5.41, 5.74) is 2.29. The van der Waals surface area contributed by atoms with E-state index in [0.29, 0.717) is 33.2 Å². The molecule has 198 valence electrons. The maximum Gasteiger partial charge on any atom is 0.253 e. The van der Waals surface area contributed by atoms with Crippen molar-refractivity contribution in [3.63, 3.8) is 0 Å². The third-order valence-corrected chi connectivity index (χ3v) is 8.02. The Balaban J connectivity index is 1.43. The first-order valence-electron chi connectivity index (χ1n) is 12.2. The molecule has 4 aromatic rings. The summed E-state index contributed by atoms with van der Waals surface area (Å²) < 4.78 is 1.93. The van der Waals surface area contributed by atoms with E-state index in [1.54, 1.807) is 24.3 Å². The number of thioether (sulfide) groups is 1. The van der Waals surface area contributed by atoms with Crippen LogP contribution in [-0.2, 0) is 11.3 Å². The van der Waals surface area contributed by atoms with Crippen LogP contribution in [0.4, 0.5) is 5.13 Å². The highest BCUT2D eigenvalue weighted by Gasteiger charge is 2.27. The Labute approximate surface area is 235 Å². The van der Waals surface area contributed by atoms with E-state index in [4.69, 9.17) is 11.6 Å². The maximum atomic E-state index is 12.9. The number of carbonyl (C=O) groups excluding carboxylic acids is 2. The standard InChI is InChI=1S/C27H29ClN6O2S2/c1-5-34-24(22(16(2)3)30-25(36)19-13-9-10-14-20(19)28)32-33-27(34)37-15-21(35)29-26-31-23(17(4)38-26)18-11-7-6-8-12-18/h6-14,16,22H,5,15H2,1-4H3,(H,30,36)(H,29,31,35)/t22-/m1/s1. The maximum absolute atomic E-state index is 12.9. The van der Waals surface area contributed by atoms with Gasteiger partial charge >= 0.3 is 0 Å². The first-order chi connectivity index (χ1) is 18.3. The number of halogens is 1. The molecule has 11 heteroatoms. The first kappa shape index (κ1) is 27.8. The lowest BCUT2D eigenvalue weighted by Crippen LogP contribution is -2.34. The zero-order valence-electron chi connectivity index (χ0n) is 21.6. The Kier molecular flexibility index (Phi) is 9.19. The number of rotatable bonds is 10. The van der Waals surface area contributed by atoms with Crippen molar-refractivity contribution in [2.75, 3.05) is 11.1 Å². The lowest BCUT2D eigenvalue weighted by molar-refractivity contribution is -0.113. The van der Waals surface area contributed by atoms with Crippen LogP contribution in [0, 0.1) is 12.8 Å². The second-order valence-electron chi connectivity index (χ2n) is 8.89. The highest BCUT2D eigenvalue weighted by Crippen LogP contribution is 2.31. The second-order valence-corrected chi connectivity index (χ2v) is 11.4. The Hall–Kier alpha value is -3.21. The third-order valence-electron chi connectivity index (χ3n) is 5.83. The number of amides is 2. The Morgan fingerprint density at radius 3 is 2.47 bits per heavy atom. The van der Waals surface area contributed by atoms with Gasteiger partial charge in [-0.2, -0.15) is 0 Å². The number of hydrogen-bond donors (Lipinski definition) is 2. The van der Waals surface area contributed by atoms with E-state index in [-0.39, 0.29) is 29.5 Å². The molecule has 1 atom stereocenters. The van der Waals surface area contributed by atoms with Crippen LogP contribution in [0.15, 0.2) is 59.8 Å². The zero-order chi connectivity index (χ0) is 27.2. The SMILES string of the molecule is CCn1c(SCC(=O)Nc2nc(-c3ccccc3)c(C)s2)nnc1[C@H](NC(=O)c1ccccc1Cl)C(C)C. The van der Waals surface area contributed by atoms with E-state index in [0.717, 1.165) is 16.1 Å². The molecule has 0 aliphatic heterocycles. The fraction of sp³-hybridized carbons (Fsp3) is 0.296. The van der Waals surface area contributed by atoms with Crippen molar-refractivity contribution in [2.45, 2.75) is 45.4 Å². The van der Waals surface area contributed by atoms with Crippen LogP contribution in [-0.4, -0.2) is 37.3 Å². The van der Waals surface area contributed by atoms with Gasteiger partial charge in [0.2, 0.25) is 5.91 Å². The monoisotopic (exact) mass is 568 g/mol. The summed E-state index contributed by atoms with van der Waals surface area (Å²) in [7, 11) is 0. The Bertz CT molecular complexity index is 1420. The van der Waals surface area contributed by atoms with Gasteiger partial charge in [0, 0.05) is 17.0 Å². The van der Waals surface area contributed by atoms with Crippen molar-refractivity contribution in [2.24, 2.45) is 5.92 Å². The molecule has 8 nitrogen and oxygen atoms in total. The van der Waals surface area contributed by atoms with E-state index >= 15 is 0 Å². The molecular formula is C27H29ClN6O2S2. The van der Waals surface area contributed by atoms with E-state index < -0.39 is 0 Å². The highest BCUT2D eigenvalue weighted by atomic mass is 35.5. The number of thiazole rings is 1. The highest BCUT2D eigenvalue weighted by molar-refractivity contribution is 7.99. The van der Waals surface area contributed by atoms with Gasteiger partial charge in [0.15, 0.2) is 16.1 Å². The quantitative estimate of drug-likeness (QED) is 0.219. The van der Waals surface area contributed by atoms with E-state index in [1.807, 2.05) is 62.6 Å². The summed E-state index contributed by atoms with van der Waals surface area (Å²) >= 11 is 8.96. The molecule has 0 fully saturated rings. The molecular weight excluding hydrogens is 540 g/mol. The van der Waals surface area contributed by atoms with Crippen molar-refractivity contribution >= 4 is 51.6 Å². The molecule has 0 saturated carbocycles. The predicted octanol–water partition coefficient (Wildman–Crippen LogP) is 6.24. The van der Waals surface area contributed by atoms with Crippen LogP contribution in [0.5, 0.6) is 0 Å². The van der Waals surface area contributed by atoms with Gasteiger partial charge in [0.1, 0.15) is 0 Å². The molecule has 2 N–H and O–H groups in total. The minimum absolute atomic E-state index is 0.0454. The number of anilines is 1. The molecule has 2 amide bonds. The average molecular weight is 569 g/mol. The van der Waals surface area contributed by atoms with Crippen molar-refractivity contribution in [3.8, 4) is 11.3 Å². The fourth-order valence-corrected chi connectivity index (χ4v) is 5.81. The van der Waals surface area contributed by atoms with Gasteiger partial charge in [0.25, 0.3) is 5.91 Å². The first-order valence-corrected chi connectivity index (χ1v) is 14.4. The molecule has 4 rings (SSSR count). The second kappa shape index (κ2) is 12.6. The van der Waals surface area contributed by atoms with Crippen LogP contribution in [0.1, 0.15) is 47.9 Å². The van der Waals surface area contributed by atoms with Crippen LogP contribution in [0.25, 0.3) is 11.3 Å². The number of aryl methyl sites for hydroxylation is 1. The topological polar surface area (TPSA) is 102 Å². The van der Waals surface area contributed by atoms with E-state index in [1.165, 1.54) is 23.1 Å². The van der Waals surface area contributed by atoms with Gasteiger partial charge in [0.05, 0.1) is 28.1 Å². The molecule has 0 bridgehead atoms. The van der Waals surface area contributed by atoms with Gasteiger partial charge in [-0.3, -0.25) is 9.59 Å². The number of carbonyl (C=O) groups is 2. The molecule has 0 spiro atoms. The van der Waals surface area contributed by atoms with Crippen LogP contribution in [0.2, 0.25) is 5.02 Å². The summed E-state index contributed by atoms with van der Waals surface area (Å²) in [6.45, 7) is 8.57. The molecule has 0 saturated heterocycles. The lowest BCUT2D eigenvalue weighted by atomic mass is 10.0. The molecule has 0 radical (unpaired) electrons. The van der Waals surface area contributed by atoms with Crippen LogP contribution in [0.3, 0.4) is 0 Å². The minimum atomic E-state index is -0.385. The summed E-state index contributed by atoms with van der Waals surface area (Å²) in [5.74, 6) is 0.374. The van der Waals surface area contributed by atoms with Crippen molar-refractivity contribution in [1.82, 2.24) is 25.1 Å². The predicted molar refractivity (Wildman–Crippen MR) is 154 cm³/mol. The summed E-state index contributed by atoms with van der Waals surface area (Å²) in [5, 5.41) is 16.2. The van der Waals surface area contributed by atoms with Crippen LogP contribution >= 0.6 is 34.7 Å². The number of benzene rings is 2. The number of nitrogens with zero attached hydrogens (tertiary/aromatic N) is 4. The van der Waals surface area contributed by atoms with Gasteiger partial charge in [-0.05, 0) is 31.9 Å². The molecule has 0 aliphatic rings. The number of nitrogens with one attached hydrogen (secondary N) is 2. The normalized spacial score (nSPS) is 11.9. The fourth-order valence-electron chi connectivity index (χ4n) is 3.93.